The Morgan fingerprint density at radius 2 is 1.76 bits per heavy atom. The molecule has 9 heteroatoms. The Hall–Kier alpha value is -2.59. The van der Waals surface area contributed by atoms with Crippen molar-refractivity contribution >= 4 is 32.4 Å². The first-order chi connectivity index (χ1) is 13.8. The van der Waals surface area contributed by atoms with Crippen molar-refractivity contribution in [1.29, 1.82) is 0 Å². The van der Waals surface area contributed by atoms with Crippen LogP contribution in [0.2, 0.25) is 0 Å². The van der Waals surface area contributed by atoms with Crippen molar-refractivity contribution in [3.8, 4) is 11.3 Å². The van der Waals surface area contributed by atoms with Gasteiger partial charge in [-0.3, -0.25) is 10.1 Å². The summed E-state index contributed by atoms with van der Waals surface area (Å²) in [6.45, 7) is 0.907. The molecular formula is C20H22N4O3S2. The summed E-state index contributed by atoms with van der Waals surface area (Å²) in [5, 5.41) is 5.11. The lowest BCUT2D eigenvalue weighted by Gasteiger charge is -2.11. The van der Waals surface area contributed by atoms with Gasteiger partial charge in [-0.15, -0.1) is 11.3 Å². The van der Waals surface area contributed by atoms with Gasteiger partial charge in [-0.2, -0.15) is 0 Å². The Balaban J connectivity index is 1.64. The van der Waals surface area contributed by atoms with Gasteiger partial charge in [0.25, 0.3) is 5.91 Å². The SMILES string of the molecule is CN(C)CCNS(=O)(=O)c1ccc(C(=O)Nc2nc(-c3ccccc3)cs2)cc1. The van der Waals surface area contributed by atoms with Gasteiger partial charge in [0.1, 0.15) is 0 Å². The number of nitrogens with zero attached hydrogens (tertiary/aromatic N) is 2. The van der Waals surface area contributed by atoms with E-state index < -0.39 is 10.0 Å². The lowest BCUT2D eigenvalue weighted by atomic mass is 10.2. The molecule has 1 heterocycles. The van der Waals surface area contributed by atoms with Crippen molar-refractivity contribution in [2.24, 2.45) is 0 Å². The zero-order valence-electron chi connectivity index (χ0n) is 16.1. The number of hydrogen-bond acceptors (Lipinski definition) is 6. The summed E-state index contributed by atoms with van der Waals surface area (Å²) >= 11 is 1.33. The molecule has 0 aliphatic rings. The maximum Gasteiger partial charge on any atom is 0.257 e. The second-order valence-corrected chi connectivity index (χ2v) is 9.21. The molecule has 29 heavy (non-hydrogen) atoms. The number of thiazole rings is 1. The van der Waals surface area contributed by atoms with Gasteiger partial charge in [0.15, 0.2) is 5.13 Å². The van der Waals surface area contributed by atoms with Crippen LogP contribution in [0, 0.1) is 0 Å². The second-order valence-electron chi connectivity index (χ2n) is 6.58. The van der Waals surface area contributed by atoms with Gasteiger partial charge in [0, 0.05) is 29.6 Å². The summed E-state index contributed by atoms with van der Waals surface area (Å²) in [7, 11) is 0.133. The fourth-order valence-electron chi connectivity index (χ4n) is 2.51. The van der Waals surface area contributed by atoms with E-state index in [0.717, 1.165) is 11.3 Å². The van der Waals surface area contributed by atoms with Crippen LogP contribution in [0.15, 0.2) is 64.9 Å². The molecule has 3 rings (SSSR count). The predicted molar refractivity (Wildman–Crippen MR) is 116 cm³/mol. The Morgan fingerprint density at radius 1 is 1.07 bits per heavy atom. The molecule has 0 atom stereocenters. The average Bonchev–Trinajstić information content (AvgIpc) is 3.17. The first kappa shape index (κ1) is 21.1. The van der Waals surface area contributed by atoms with E-state index in [9.17, 15) is 13.2 Å². The molecule has 0 unspecified atom stereocenters. The van der Waals surface area contributed by atoms with Gasteiger partial charge in [0.05, 0.1) is 10.6 Å². The molecule has 152 valence electrons. The molecule has 0 fully saturated rings. The molecule has 0 saturated carbocycles. The summed E-state index contributed by atoms with van der Waals surface area (Å²) in [5.41, 5.74) is 2.12. The minimum Gasteiger partial charge on any atom is -0.308 e. The minimum atomic E-state index is -3.60. The zero-order chi connectivity index (χ0) is 20.9. The number of carbonyl (C=O) groups is 1. The van der Waals surface area contributed by atoms with E-state index in [0.29, 0.717) is 23.8 Å². The number of anilines is 1. The smallest absolute Gasteiger partial charge is 0.257 e. The number of aromatic nitrogens is 1. The fraction of sp³-hybridized carbons (Fsp3) is 0.200. The summed E-state index contributed by atoms with van der Waals surface area (Å²) in [6.07, 6.45) is 0. The van der Waals surface area contributed by atoms with Gasteiger partial charge >= 0.3 is 0 Å². The van der Waals surface area contributed by atoms with Crippen LogP contribution in [0.3, 0.4) is 0 Å². The summed E-state index contributed by atoms with van der Waals surface area (Å²) in [4.78, 5) is 18.9. The highest BCUT2D eigenvalue weighted by Crippen LogP contribution is 2.25. The topological polar surface area (TPSA) is 91.4 Å². The number of amides is 1. The van der Waals surface area contributed by atoms with Gasteiger partial charge in [-0.1, -0.05) is 30.3 Å². The molecule has 2 aromatic carbocycles. The van der Waals surface area contributed by atoms with Crippen LogP contribution in [0.4, 0.5) is 5.13 Å². The number of sulfonamides is 1. The van der Waals surface area contributed by atoms with Crippen LogP contribution >= 0.6 is 11.3 Å². The van der Waals surface area contributed by atoms with E-state index in [2.05, 4.69) is 15.0 Å². The number of hydrogen-bond donors (Lipinski definition) is 2. The first-order valence-electron chi connectivity index (χ1n) is 8.92. The normalized spacial score (nSPS) is 11.6. The Labute approximate surface area is 174 Å². The van der Waals surface area contributed by atoms with Gasteiger partial charge in [-0.25, -0.2) is 18.1 Å². The number of benzene rings is 2. The highest BCUT2D eigenvalue weighted by molar-refractivity contribution is 7.89. The summed E-state index contributed by atoms with van der Waals surface area (Å²) < 4.78 is 27.1. The predicted octanol–water partition coefficient (Wildman–Crippen LogP) is 2.90. The van der Waals surface area contributed by atoms with Gasteiger partial charge in [0.2, 0.25) is 10.0 Å². The summed E-state index contributed by atoms with van der Waals surface area (Å²) in [6, 6.07) is 15.5. The number of rotatable bonds is 8. The van der Waals surface area contributed by atoms with Crippen LogP contribution < -0.4 is 10.0 Å². The van der Waals surface area contributed by atoms with Gasteiger partial charge in [-0.05, 0) is 38.4 Å². The van der Waals surface area contributed by atoms with Gasteiger partial charge < -0.3 is 4.90 Å². The maximum absolute atomic E-state index is 12.5. The maximum atomic E-state index is 12.5. The number of likely N-dealkylation sites (N-methyl/N-ethyl adjacent to an activating group) is 1. The largest absolute Gasteiger partial charge is 0.308 e. The molecule has 0 radical (unpaired) electrons. The van der Waals surface area contributed by atoms with Crippen LogP contribution in [-0.4, -0.2) is 51.4 Å². The highest BCUT2D eigenvalue weighted by atomic mass is 32.2. The van der Waals surface area contributed by atoms with E-state index in [-0.39, 0.29) is 10.8 Å². The van der Waals surface area contributed by atoms with Crippen LogP contribution in [0.1, 0.15) is 10.4 Å². The van der Waals surface area contributed by atoms with Crippen molar-refractivity contribution in [3.63, 3.8) is 0 Å². The van der Waals surface area contributed by atoms with Crippen molar-refractivity contribution in [3.05, 3.63) is 65.5 Å². The third-order valence-corrected chi connectivity index (χ3v) is 6.31. The number of carbonyl (C=O) groups excluding carboxylic acids is 1. The van der Waals surface area contributed by atoms with Crippen molar-refractivity contribution in [2.75, 3.05) is 32.5 Å². The third kappa shape index (κ3) is 5.70. The van der Waals surface area contributed by atoms with Crippen molar-refractivity contribution < 1.29 is 13.2 Å². The molecule has 0 spiro atoms. The molecule has 0 saturated heterocycles. The Morgan fingerprint density at radius 3 is 2.41 bits per heavy atom. The molecule has 3 aromatic rings. The summed E-state index contributed by atoms with van der Waals surface area (Å²) in [5.74, 6) is -0.344. The van der Waals surface area contributed by atoms with E-state index in [4.69, 9.17) is 0 Å². The quantitative estimate of drug-likeness (QED) is 0.573. The van der Waals surface area contributed by atoms with Crippen LogP contribution in [0.25, 0.3) is 11.3 Å². The monoisotopic (exact) mass is 430 g/mol. The van der Waals surface area contributed by atoms with Crippen molar-refractivity contribution in [1.82, 2.24) is 14.6 Å². The molecule has 1 amide bonds. The van der Waals surface area contributed by atoms with E-state index >= 15 is 0 Å². The second kappa shape index (κ2) is 9.27. The third-order valence-electron chi connectivity index (χ3n) is 4.07. The fourth-order valence-corrected chi connectivity index (χ4v) is 4.25. The standard InChI is InChI=1S/C20H22N4O3S2/c1-24(2)13-12-21-29(26,27)17-10-8-16(9-11-17)19(25)23-20-22-18(14-28-20)15-6-4-3-5-7-15/h3-11,14,21H,12-13H2,1-2H3,(H,22,23,25). The van der Waals surface area contributed by atoms with Crippen LogP contribution in [0.5, 0.6) is 0 Å². The molecule has 1 aromatic heterocycles. The minimum absolute atomic E-state index is 0.119. The molecule has 2 N–H and O–H groups in total. The lowest BCUT2D eigenvalue weighted by molar-refractivity contribution is 0.102. The highest BCUT2D eigenvalue weighted by Gasteiger charge is 2.15. The molecule has 0 aliphatic carbocycles. The van der Waals surface area contributed by atoms with E-state index in [1.165, 1.54) is 35.6 Å². The lowest BCUT2D eigenvalue weighted by Crippen LogP contribution is -2.31. The first-order valence-corrected chi connectivity index (χ1v) is 11.3. The molecular weight excluding hydrogens is 408 g/mol. The Bertz CT molecular complexity index is 1060. The Kier molecular flexibility index (Phi) is 6.75. The molecule has 0 bridgehead atoms. The average molecular weight is 431 g/mol. The molecule has 7 nitrogen and oxygen atoms in total. The zero-order valence-corrected chi connectivity index (χ0v) is 17.8. The van der Waals surface area contributed by atoms with Crippen LogP contribution in [-0.2, 0) is 10.0 Å². The van der Waals surface area contributed by atoms with Crippen molar-refractivity contribution in [2.45, 2.75) is 4.90 Å². The van der Waals surface area contributed by atoms with E-state index in [1.54, 1.807) is 0 Å². The van der Waals surface area contributed by atoms with E-state index in [1.807, 2.05) is 54.7 Å². The number of nitrogens with one attached hydrogen (secondary N) is 2. The molecule has 0 aliphatic heterocycles.